The van der Waals surface area contributed by atoms with Crippen LogP contribution in [0.4, 0.5) is 4.79 Å². The molecule has 3 rings (SSSR count). The molecule has 3 N–H and O–H groups in total. The lowest BCUT2D eigenvalue weighted by Gasteiger charge is -2.25. The van der Waals surface area contributed by atoms with Crippen molar-refractivity contribution in [3.63, 3.8) is 0 Å². The predicted octanol–water partition coefficient (Wildman–Crippen LogP) is 2.68. The quantitative estimate of drug-likeness (QED) is 0.803. The smallest absolute Gasteiger partial charge is 0.315 e. The van der Waals surface area contributed by atoms with Crippen molar-refractivity contribution in [3.8, 4) is 0 Å². The highest BCUT2D eigenvalue weighted by atomic mass is 32.1. The van der Waals surface area contributed by atoms with Gasteiger partial charge in [0.15, 0.2) is 0 Å². The molecule has 2 aliphatic carbocycles. The predicted molar refractivity (Wildman–Crippen MR) is 80.4 cm³/mol. The third-order valence-corrected chi connectivity index (χ3v) is 5.50. The van der Waals surface area contributed by atoms with Crippen molar-refractivity contribution in [2.24, 2.45) is 5.92 Å². The molecular formula is C15H20N2O3S. The molecular weight excluding hydrogens is 288 g/mol. The molecule has 2 amide bonds. The first-order valence-electron chi connectivity index (χ1n) is 7.51. The minimum Gasteiger partial charge on any atom is -0.481 e. The molecule has 1 fully saturated rings. The molecule has 0 aliphatic heterocycles. The number of fused-ring (bicyclic) bond motifs is 1. The maximum atomic E-state index is 12.2. The molecule has 0 aromatic carbocycles. The van der Waals surface area contributed by atoms with Crippen LogP contribution >= 0.6 is 11.3 Å². The average molecular weight is 308 g/mol. The number of rotatable bonds is 3. The van der Waals surface area contributed by atoms with Crippen LogP contribution in [0.5, 0.6) is 0 Å². The molecule has 21 heavy (non-hydrogen) atoms. The number of aryl methyl sites for hydroxylation is 1. The van der Waals surface area contributed by atoms with Crippen LogP contribution in [0.15, 0.2) is 11.4 Å². The molecule has 0 spiro atoms. The maximum Gasteiger partial charge on any atom is 0.315 e. The Hall–Kier alpha value is -1.56. The van der Waals surface area contributed by atoms with Gasteiger partial charge in [-0.15, -0.1) is 11.3 Å². The van der Waals surface area contributed by atoms with Gasteiger partial charge in [0, 0.05) is 10.9 Å². The Balaban J connectivity index is 1.59. The summed E-state index contributed by atoms with van der Waals surface area (Å²) in [5, 5.41) is 17.1. The SMILES string of the molecule is O=C(NC1CCCc2sccc21)NC1CCCC1C(=O)O. The van der Waals surface area contributed by atoms with Gasteiger partial charge in [-0.1, -0.05) is 6.42 Å². The zero-order valence-electron chi connectivity index (χ0n) is 11.8. The van der Waals surface area contributed by atoms with E-state index in [1.807, 2.05) is 0 Å². The summed E-state index contributed by atoms with van der Waals surface area (Å²) in [5.74, 6) is -1.26. The van der Waals surface area contributed by atoms with E-state index in [0.29, 0.717) is 6.42 Å². The standard InChI is InChI=1S/C15H20N2O3S/c18-14(19)10-3-1-4-12(10)17-15(20)16-11-5-2-6-13-9(11)7-8-21-13/h7-8,10-12H,1-6H2,(H,18,19)(H2,16,17,20). The molecule has 6 heteroatoms. The van der Waals surface area contributed by atoms with Gasteiger partial charge in [0.1, 0.15) is 0 Å². The van der Waals surface area contributed by atoms with Gasteiger partial charge < -0.3 is 15.7 Å². The average Bonchev–Trinajstić information content (AvgIpc) is 3.07. The number of hydrogen-bond donors (Lipinski definition) is 3. The number of hydrogen-bond acceptors (Lipinski definition) is 3. The minimum atomic E-state index is -0.810. The van der Waals surface area contributed by atoms with Crippen LogP contribution in [0.2, 0.25) is 0 Å². The van der Waals surface area contributed by atoms with Crippen molar-refractivity contribution in [1.29, 1.82) is 0 Å². The first kappa shape index (κ1) is 14.4. The summed E-state index contributed by atoms with van der Waals surface area (Å²) < 4.78 is 0. The molecule has 3 unspecified atom stereocenters. The molecule has 0 bridgehead atoms. The number of nitrogens with one attached hydrogen (secondary N) is 2. The van der Waals surface area contributed by atoms with Gasteiger partial charge in [-0.05, 0) is 49.1 Å². The highest BCUT2D eigenvalue weighted by molar-refractivity contribution is 7.10. The van der Waals surface area contributed by atoms with Gasteiger partial charge in [-0.2, -0.15) is 0 Å². The maximum absolute atomic E-state index is 12.2. The summed E-state index contributed by atoms with van der Waals surface area (Å²) in [4.78, 5) is 24.7. The number of carboxylic acids is 1. The fourth-order valence-electron chi connectivity index (χ4n) is 3.43. The van der Waals surface area contributed by atoms with Gasteiger partial charge >= 0.3 is 12.0 Å². The Kier molecular flexibility index (Phi) is 4.14. The molecule has 0 saturated heterocycles. The van der Waals surface area contributed by atoms with E-state index in [1.165, 1.54) is 10.4 Å². The van der Waals surface area contributed by atoms with E-state index >= 15 is 0 Å². The lowest BCUT2D eigenvalue weighted by molar-refractivity contribution is -0.142. The number of carbonyl (C=O) groups excluding carboxylic acids is 1. The summed E-state index contributed by atoms with van der Waals surface area (Å²) in [5.41, 5.74) is 1.22. The van der Waals surface area contributed by atoms with Crippen LogP contribution in [0, 0.1) is 5.92 Å². The molecule has 5 nitrogen and oxygen atoms in total. The van der Waals surface area contributed by atoms with Gasteiger partial charge in [-0.25, -0.2) is 4.79 Å². The summed E-state index contributed by atoms with van der Waals surface area (Å²) in [6, 6.07) is 1.66. The molecule has 0 radical (unpaired) electrons. The van der Waals surface area contributed by atoms with Crippen LogP contribution in [-0.4, -0.2) is 23.1 Å². The zero-order chi connectivity index (χ0) is 14.8. The van der Waals surface area contributed by atoms with E-state index in [0.717, 1.165) is 32.1 Å². The van der Waals surface area contributed by atoms with Crippen molar-refractivity contribution in [3.05, 3.63) is 21.9 Å². The van der Waals surface area contributed by atoms with Crippen LogP contribution in [0.25, 0.3) is 0 Å². The Morgan fingerprint density at radius 3 is 2.86 bits per heavy atom. The second kappa shape index (κ2) is 6.05. The van der Waals surface area contributed by atoms with Crippen molar-refractivity contribution in [2.75, 3.05) is 0 Å². The molecule has 1 aromatic heterocycles. The molecule has 1 heterocycles. The first-order chi connectivity index (χ1) is 10.1. The number of carboxylic acid groups (broad SMARTS) is 1. The highest BCUT2D eigenvalue weighted by Gasteiger charge is 2.34. The molecule has 3 atom stereocenters. The Labute approximate surface area is 127 Å². The highest BCUT2D eigenvalue weighted by Crippen LogP contribution is 2.33. The Morgan fingerprint density at radius 1 is 1.19 bits per heavy atom. The van der Waals surface area contributed by atoms with Gasteiger partial charge in [-0.3, -0.25) is 4.79 Å². The van der Waals surface area contributed by atoms with Crippen molar-refractivity contribution < 1.29 is 14.7 Å². The van der Waals surface area contributed by atoms with Crippen LogP contribution < -0.4 is 10.6 Å². The van der Waals surface area contributed by atoms with Crippen LogP contribution in [-0.2, 0) is 11.2 Å². The third-order valence-electron chi connectivity index (χ3n) is 4.51. The molecule has 114 valence electrons. The molecule has 1 aromatic rings. The second-order valence-corrected chi connectivity index (χ2v) is 6.84. The van der Waals surface area contributed by atoms with E-state index in [2.05, 4.69) is 22.1 Å². The fourth-order valence-corrected chi connectivity index (χ4v) is 4.42. The number of urea groups is 1. The van der Waals surface area contributed by atoms with E-state index in [-0.39, 0.29) is 18.1 Å². The van der Waals surface area contributed by atoms with Crippen LogP contribution in [0.1, 0.15) is 48.6 Å². The number of aliphatic carboxylic acids is 1. The van der Waals surface area contributed by atoms with Crippen molar-refractivity contribution in [1.82, 2.24) is 10.6 Å². The number of carbonyl (C=O) groups is 2. The summed E-state index contributed by atoms with van der Waals surface area (Å²) in [6.45, 7) is 0. The number of thiophene rings is 1. The number of amides is 2. The van der Waals surface area contributed by atoms with E-state index in [9.17, 15) is 9.59 Å². The van der Waals surface area contributed by atoms with Gasteiger partial charge in [0.05, 0.1) is 12.0 Å². The second-order valence-electron chi connectivity index (χ2n) is 5.84. The first-order valence-corrected chi connectivity index (χ1v) is 8.39. The van der Waals surface area contributed by atoms with E-state index in [1.54, 1.807) is 11.3 Å². The molecule has 1 saturated carbocycles. The zero-order valence-corrected chi connectivity index (χ0v) is 12.6. The van der Waals surface area contributed by atoms with Crippen LogP contribution in [0.3, 0.4) is 0 Å². The monoisotopic (exact) mass is 308 g/mol. The third kappa shape index (κ3) is 3.05. The van der Waals surface area contributed by atoms with Gasteiger partial charge in [0.2, 0.25) is 0 Å². The largest absolute Gasteiger partial charge is 0.481 e. The Bertz CT molecular complexity index is 543. The van der Waals surface area contributed by atoms with E-state index < -0.39 is 11.9 Å². The topological polar surface area (TPSA) is 78.4 Å². The summed E-state index contributed by atoms with van der Waals surface area (Å²) >= 11 is 1.74. The minimum absolute atomic E-state index is 0.0599. The van der Waals surface area contributed by atoms with Gasteiger partial charge in [0.25, 0.3) is 0 Å². The lowest BCUT2D eigenvalue weighted by atomic mass is 9.94. The molecule has 2 aliphatic rings. The fraction of sp³-hybridized carbons (Fsp3) is 0.600. The summed E-state index contributed by atoms with van der Waals surface area (Å²) in [7, 11) is 0. The Morgan fingerprint density at radius 2 is 2.05 bits per heavy atom. The van der Waals surface area contributed by atoms with Crippen molar-refractivity contribution in [2.45, 2.75) is 50.6 Å². The van der Waals surface area contributed by atoms with E-state index in [4.69, 9.17) is 5.11 Å². The summed E-state index contributed by atoms with van der Waals surface area (Å²) in [6.07, 6.45) is 5.39. The van der Waals surface area contributed by atoms with Crippen molar-refractivity contribution >= 4 is 23.3 Å². The normalized spacial score (nSPS) is 27.9. The lowest BCUT2D eigenvalue weighted by Crippen LogP contribution is -2.46.